The number of urea groups is 1. The Morgan fingerprint density at radius 3 is 2.15 bits per heavy atom. The van der Waals surface area contributed by atoms with Crippen molar-refractivity contribution in [2.75, 3.05) is 14.1 Å². The standard InChI is InChI=1S/C9H19N3O/c1-11(2)12(9(10)13)8-6-4-3-5-7-8/h8H,3-7H2,1-2H3,(H2,10,13). The van der Waals surface area contributed by atoms with Gasteiger partial charge in [0.15, 0.2) is 0 Å². The predicted octanol–water partition coefficient (Wildman–Crippen LogP) is 1.18. The molecule has 0 saturated heterocycles. The summed E-state index contributed by atoms with van der Waals surface area (Å²) in [7, 11) is 3.72. The van der Waals surface area contributed by atoms with Crippen molar-refractivity contribution in [1.82, 2.24) is 10.0 Å². The SMILES string of the molecule is CN(C)N(C(N)=O)C1CCCCC1. The molecule has 76 valence electrons. The Hall–Kier alpha value is -0.770. The Bertz CT molecular complexity index is 176. The summed E-state index contributed by atoms with van der Waals surface area (Å²) in [5, 5.41) is 3.46. The lowest BCUT2D eigenvalue weighted by atomic mass is 9.95. The van der Waals surface area contributed by atoms with E-state index < -0.39 is 0 Å². The van der Waals surface area contributed by atoms with Crippen molar-refractivity contribution in [3.8, 4) is 0 Å². The molecule has 0 bridgehead atoms. The molecule has 4 nitrogen and oxygen atoms in total. The zero-order chi connectivity index (χ0) is 9.84. The summed E-state index contributed by atoms with van der Waals surface area (Å²) in [4.78, 5) is 11.1. The van der Waals surface area contributed by atoms with Crippen molar-refractivity contribution in [3.05, 3.63) is 0 Å². The first-order valence-electron chi connectivity index (χ1n) is 4.89. The van der Waals surface area contributed by atoms with E-state index in [0.29, 0.717) is 6.04 Å². The quantitative estimate of drug-likeness (QED) is 0.657. The highest BCUT2D eigenvalue weighted by atomic mass is 16.2. The molecule has 0 aromatic rings. The number of hydrogen-bond acceptors (Lipinski definition) is 2. The van der Waals surface area contributed by atoms with Gasteiger partial charge in [0.25, 0.3) is 0 Å². The summed E-state index contributed by atoms with van der Waals surface area (Å²) in [6.45, 7) is 0. The van der Waals surface area contributed by atoms with E-state index in [1.165, 1.54) is 19.3 Å². The molecule has 0 atom stereocenters. The third-order valence-corrected chi connectivity index (χ3v) is 2.58. The molecule has 2 N–H and O–H groups in total. The smallest absolute Gasteiger partial charge is 0.329 e. The van der Waals surface area contributed by atoms with E-state index in [9.17, 15) is 4.79 Å². The molecule has 1 fully saturated rings. The van der Waals surface area contributed by atoms with Crippen LogP contribution in [0.5, 0.6) is 0 Å². The van der Waals surface area contributed by atoms with Crippen molar-refractivity contribution in [1.29, 1.82) is 0 Å². The van der Waals surface area contributed by atoms with E-state index in [-0.39, 0.29) is 6.03 Å². The summed E-state index contributed by atoms with van der Waals surface area (Å²) in [6.07, 6.45) is 5.88. The van der Waals surface area contributed by atoms with Gasteiger partial charge >= 0.3 is 6.03 Å². The van der Waals surface area contributed by atoms with Crippen molar-refractivity contribution < 1.29 is 4.79 Å². The molecular weight excluding hydrogens is 166 g/mol. The van der Waals surface area contributed by atoms with Gasteiger partial charge in [0.2, 0.25) is 0 Å². The highest BCUT2D eigenvalue weighted by Gasteiger charge is 2.25. The number of nitrogens with two attached hydrogens (primary N) is 1. The molecule has 1 aliphatic rings. The van der Waals surface area contributed by atoms with Crippen LogP contribution in [0.2, 0.25) is 0 Å². The number of primary amides is 1. The molecule has 0 spiro atoms. The van der Waals surface area contributed by atoms with Gasteiger partial charge < -0.3 is 5.73 Å². The van der Waals surface area contributed by atoms with Crippen LogP contribution in [0.25, 0.3) is 0 Å². The Balaban J connectivity index is 2.57. The molecule has 4 heteroatoms. The van der Waals surface area contributed by atoms with Crippen LogP contribution >= 0.6 is 0 Å². The summed E-state index contributed by atoms with van der Waals surface area (Å²) in [5.74, 6) is 0. The van der Waals surface area contributed by atoms with Gasteiger partial charge in [0, 0.05) is 14.1 Å². The fourth-order valence-corrected chi connectivity index (χ4v) is 2.03. The molecule has 1 saturated carbocycles. The Kier molecular flexibility index (Phi) is 3.54. The van der Waals surface area contributed by atoms with Crippen LogP contribution in [-0.2, 0) is 0 Å². The highest BCUT2D eigenvalue weighted by Crippen LogP contribution is 2.22. The number of hydrogen-bond donors (Lipinski definition) is 1. The van der Waals surface area contributed by atoms with Crippen molar-refractivity contribution in [2.24, 2.45) is 5.73 Å². The lowest BCUT2D eigenvalue weighted by molar-refractivity contribution is 0.0150. The second kappa shape index (κ2) is 4.46. The van der Waals surface area contributed by atoms with Gasteiger partial charge in [-0.25, -0.2) is 9.80 Å². The second-order valence-electron chi connectivity index (χ2n) is 3.82. The first kappa shape index (κ1) is 10.3. The van der Waals surface area contributed by atoms with Gasteiger partial charge in [-0.15, -0.1) is 0 Å². The fourth-order valence-electron chi connectivity index (χ4n) is 2.03. The number of carbonyl (C=O) groups is 1. The molecule has 2 amide bonds. The van der Waals surface area contributed by atoms with E-state index in [4.69, 9.17) is 5.73 Å². The number of rotatable bonds is 2. The largest absolute Gasteiger partial charge is 0.350 e. The van der Waals surface area contributed by atoms with E-state index >= 15 is 0 Å². The predicted molar refractivity (Wildman–Crippen MR) is 52.0 cm³/mol. The van der Waals surface area contributed by atoms with E-state index in [1.807, 2.05) is 14.1 Å². The maximum absolute atomic E-state index is 11.1. The van der Waals surface area contributed by atoms with Crippen LogP contribution in [0, 0.1) is 0 Å². The normalized spacial score (nSPS) is 19.0. The third kappa shape index (κ3) is 2.59. The van der Waals surface area contributed by atoms with Gasteiger partial charge in [-0.1, -0.05) is 19.3 Å². The molecule has 0 aliphatic heterocycles. The van der Waals surface area contributed by atoms with Crippen LogP contribution < -0.4 is 5.73 Å². The molecule has 0 unspecified atom stereocenters. The summed E-state index contributed by atoms with van der Waals surface area (Å²) in [6, 6.07) is -0.0156. The monoisotopic (exact) mass is 185 g/mol. The average molecular weight is 185 g/mol. The maximum Gasteiger partial charge on any atom is 0.329 e. The lowest BCUT2D eigenvalue weighted by Gasteiger charge is -2.36. The van der Waals surface area contributed by atoms with Crippen LogP contribution in [-0.4, -0.2) is 36.2 Å². The van der Waals surface area contributed by atoms with Crippen molar-refractivity contribution in [2.45, 2.75) is 38.1 Å². The minimum absolute atomic E-state index is 0.321. The van der Waals surface area contributed by atoms with E-state index in [2.05, 4.69) is 0 Å². The van der Waals surface area contributed by atoms with Gasteiger partial charge in [-0.2, -0.15) is 0 Å². The van der Waals surface area contributed by atoms with Crippen LogP contribution in [0.3, 0.4) is 0 Å². The molecule has 0 heterocycles. The number of hydrazine groups is 1. The number of amides is 2. The van der Waals surface area contributed by atoms with E-state index in [1.54, 1.807) is 10.0 Å². The molecule has 1 aliphatic carbocycles. The summed E-state index contributed by atoms with van der Waals surface area (Å²) < 4.78 is 0. The average Bonchev–Trinajstić information content (AvgIpc) is 2.04. The zero-order valence-electron chi connectivity index (χ0n) is 8.49. The van der Waals surface area contributed by atoms with Crippen LogP contribution in [0.1, 0.15) is 32.1 Å². The third-order valence-electron chi connectivity index (χ3n) is 2.58. The topological polar surface area (TPSA) is 49.6 Å². The van der Waals surface area contributed by atoms with Crippen LogP contribution in [0.4, 0.5) is 4.79 Å². The van der Waals surface area contributed by atoms with Gasteiger partial charge in [0.05, 0.1) is 6.04 Å². The van der Waals surface area contributed by atoms with Crippen molar-refractivity contribution >= 4 is 6.03 Å². The summed E-state index contributed by atoms with van der Waals surface area (Å²) in [5.41, 5.74) is 5.31. The van der Waals surface area contributed by atoms with Gasteiger partial charge in [-0.05, 0) is 12.8 Å². The van der Waals surface area contributed by atoms with Gasteiger partial charge in [0.1, 0.15) is 0 Å². The number of nitrogens with zero attached hydrogens (tertiary/aromatic N) is 2. The number of carbonyl (C=O) groups excluding carboxylic acids is 1. The van der Waals surface area contributed by atoms with Gasteiger partial charge in [-0.3, -0.25) is 5.01 Å². The van der Waals surface area contributed by atoms with Crippen LogP contribution in [0.15, 0.2) is 0 Å². The Morgan fingerprint density at radius 2 is 1.77 bits per heavy atom. The molecule has 0 radical (unpaired) electrons. The molecule has 0 aromatic carbocycles. The Labute approximate surface area is 79.6 Å². The fraction of sp³-hybridized carbons (Fsp3) is 0.889. The first-order valence-corrected chi connectivity index (χ1v) is 4.89. The second-order valence-corrected chi connectivity index (χ2v) is 3.82. The zero-order valence-corrected chi connectivity index (χ0v) is 8.49. The lowest BCUT2D eigenvalue weighted by Crippen LogP contribution is -2.51. The molecule has 1 rings (SSSR count). The first-order chi connectivity index (χ1) is 6.13. The highest BCUT2D eigenvalue weighted by molar-refractivity contribution is 5.71. The minimum Gasteiger partial charge on any atom is -0.350 e. The molecule has 0 aromatic heterocycles. The van der Waals surface area contributed by atoms with Crippen molar-refractivity contribution in [3.63, 3.8) is 0 Å². The minimum atomic E-state index is -0.336. The Morgan fingerprint density at radius 1 is 1.23 bits per heavy atom. The molecule has 13 heavy (non-hydrogen) atoms. The summed E-state index contributed by atoms with van der Waals surface area (Å²) >= 11 is 0. The maximum atomic E-state index is 11.1. The molecular formula is C9H19N3O. The van der Waals surface area contributed by atoms with E-state index in [0.717, 1.165) is 12.8 Å².